The Hall–Kier alpha value is -2.03. The third kappa shape index (κ3) is 2.04. The van der Waals surface area contributed by atoms with Crippen molar-refractivity contribution in [1.82, 2.24) is 0 Å². The maximum Gasteiger partial charge on any atom is 0.274 e. The average Bonchev–Trinajstić information content (AvgIpc) is 2.47. The zero-order valence-electron chi connectivity index (χ0n) is 10.5. The van der Waals surface area contributed by atoms with Gasteiger partial charge in [0.05, 0.1) is 26.4 Å². The van der Waals surface area contributed by atoms with Gasteiger partial charge in [0.15, 0.2) is 0 Å². The number of benzene rings is 1. The van der Waals surface area contributed by atoms with E-state index in [-0.39, 0.29) is 0 Å². The van der Waals surface area contributed by atoms with Crippen LogP contribution < -0.4 is 14.6 Å². The summed E-state index contributed by atoms with van der Waals surface area (Å²) in [6.07, 6.45) is 3.40. The molecule has 0 aliphatic carbocycles. The third-order valence-electron chi connectivity index (χ3n) is 3.33. The van der Waals surface area contributed by atoms with Crippen molar-refractivity contribution in [3.63, 3.8) is 0 Å². The quantitative estimate of drug-likeness (QED) is 0.817. The molecule has 0 saturated heterocycles. The molecule has 0 amide bonds. The van der Waals surface area contributed by atoms with Crippen LogP contribution in [-0.2, 0) is 6.54 Å². The van der Waals surface area contributed by atoms with Crippen LogP contribution in [0.2, 0.25) is 0 Å². The maximum atomic E-state index is 5.18. The van der Waals surface area contributed by atoms with E-state index < -0.39 is 0 Å². The van der Waals surface area contributed by atoms with Crippen molar-refractivity contribution >= 4 is 5.82 Å². The molecule has 0 radical (unpaired) electrons. The smallest absolute Gasteiger partial charge is 0.274 e. The lowest BCUT2D eigenvalue weighted by molar-refractivity contribution is -0.686. The maximum absolute atomic E-state index is 5.18. The van der Waals surface area contributed by atoms with Crippen molar-refractivity contribution in [2.24, 2.45) is 0 Å². The van der Waals surface area contributed by atoms with E-state index >= 15 is 0 Å². The van der Waals surface area contributed by atoms with Crippen molar-refractivity contribution in [3.05, 3.63) is 42.6 Å². The summed E-state index contributed by atoms with van der Waals surface area (Å²) in [4.78, 5) is 0. The average molecular weight is 241 g/mol. The van der Waals surface area contributed by atoms with Crippen LogP contribution in [-0.4, -0.2) is 13.7 Å². The fourth-order valence-electron chi connectivity index (χ4n) is 2.31. The molecule has 1 aliphatic heterocycles. The molecule has 0 bridgehead atoms. The molecule has 0 fully saturated rings. The second kappa shape index (κ2) is 4.69. The Morgan fingerprint density at radius 1 is 1.06 bits per heavy atom. The molecule has 0 spiro atoms. The Morgan fingerprint density at radius 3 is 2.61 bits per heavy atom. The first-order valence-corrected chi connectivity index (χ1v) is 6.28. The number of methoxy groups -OCH3 is 1. The van der Waals surface area contributed by atoms with Crippen molar-refractivity contribution < 1.29 is 9.30 Å². The number of aromatic nitrogens is 1. The number of aryl methyl sites for hydroxylation is 1. The molecule has 1 aromatic heterocycles. The van der Waals surface area contributed by atoms with Gasteiger partial charge < -0.3 is 4.74 Å². The zero-order chi connectivity index (χ0) is 12.4. The van der Waals surface area contributed by atoms with E-state index in [9.17, 15) is 0 Å². The number of pyridine rings is 1. The summed E-state index contributed by atoms with van der Waals surface area (Å²) >= 11 is 0. The van der Waals surface area contributed by atoms with Gasteiger partial charge in [0, 0.05) is 18.1 Å². The van der Waals surface area contributed by atoms with Crippen molar-refractivity contribution in [2.45, 2.75) is 13.0 Å². The summed E-state index contributed by atoms with van der Waals surface area (Å²) in [5.74, 6) is 2.10. The highest BCUT2D eigenvalue weighted by Crippen LogP contribution is 2.22. The van der Waals surface area contributed by atoms with E-state index in [1.165, 1.54) is 23.4 Å². The lowest BCUT2D eigenvalue weighted by Crippen LogP contribution is -2.41. The fraction of sp³-hybridized carbons (Fsp3) is 0.267. The first-order valence-electron chi connectivity index (χ1n) is 6.28. The highest BCUT2D eigenvalue weighted by molar-refractivity contribution is 5.63. The molecule has 92 valence electrons. The van der Waals surface area contributed by atoms with Gasteiger partial charge in [0.1, 0.15) is 5.75 Å². The highest BCUT2D eigenvalue weighted by Gasteiger charge is 2.14. The number of rotatable bonds is 2. The van der Waals surface area contributed by atoms with Crippen LogP contribution in [0.4, 0.5) is 5.82 Å². The fourth-order valence-corrected chi connectivity index (χ4v) is 2.31. The molecule has 3 nitrogen and oxygen atoms in total. The molecule has 3 rings (SSSR count). The van der Waals surface area contributed by atoms with Gasteiger partial charge in [-0.1, -0.05) is 12.1 Å². The molecule has 1 N–H and O–H groups in total. The Kier molecular flexibility index (Phi) is 2.89. The predicted octanol–water partition coefficient (Wildman–Crippen LogP) is 2.47. The predicted molar refractivity (Wildman–Crippen MR) is 71.7 cm³/mol. The summed E-state index contributed by atoms with van der Waals surface area (Å²) < 4.78 is 7.46. The molecule has 2 aromatic rings. The molecule has 0 unspecified atom stereocenters. The van der Waals surface area contributed by atoms with Crippen LogP contribution in [0.25, 0.3) is 11.1 Å². The van der Waals surface area contributed by atoms with Gasteiger partial charge in [-0.2, -0.15) is 0 Å². The van der Waals surface area contributed by atoms with Gasteiger partial charge in [-0.3, -0.25) is 5.32 Å². The Balaban J connectivity index is 1.95. The van der Waals surface area contributed by atoms with Crippen LogP contribution in [0.15, 0.2) is 42.6 Å². The molecule has 1 aliphatic rings. The SMILES string of the molecule is COc1ccc(-c2ccc3[n+](c2)CCCN3)cc1. The first-order chi connectivity index (χ1) is 8.86. The second-order valence-corrected chi connectivity index (χ2v) is 4.51. The second-order valence-electron chi connectivity index (χ2n) is 4.51. The number of hydrogen-bond donors (Lipinski definition) is 1. The van der Waals surface area contributed by atoms with Crippen LogP contribution in [0.3, 0.4) is 0 Å². The summed E-state index contributed by atoms with van der Waals surface area (Å²) in [6.45, 7) is 2.16. The number of nitrogens with one attached hydrogen (secondary N) is 1. The Bertz CT molecular complexity index is 549. The van der Waals surface area contributed by atoms with Gasteiger partial charge in [-0.15, -0.1) is 0 Å². The topological polar surface area (TPSA) is 25.1 Å². The molecular weight excluding hydrogens is 224 g/mol. The minimum atomic E-state index is 0.894. The highest BCUT2D eigenvalue weighted by atomic mass is 16.5. The number of nitrogens with zero attached hydrogens (tertiary/aromatic N) is 1. The summed E-state index contributed by atoms with van der Waals surface area (Å²) in [7, 11) is 1.69. The molecule has 1 aromatic carbocycles. The Labute approximate surface area is 107 Å². The van der Waals surface area contributed by atoms with Gasteiger partial charge in [-0.25, -0.2) is 4.57 Å². The minimum absolute atomic E-state index is 0.894. The Morgan fingerprint density at radius 2 is 1.83 bits per heavy atom. The minimum Gasteiger partial charge on any atom is -0.497 e. The van der Waals surface area contributed by atoms with E-state index in [2.05, 4.69) is 40.3 Å². The van der Waals surface area contributed by atoms with Gasteiger partial charge in [0.2, 0.25) is 0 Å². The van der Waals surface area contributed by atoms with Crippen LogP contribution in [0, 0.1) is 0 Å². The van der Waals surface area contributed by atoms with Crippen molar-refractivity contribution in [2.75, 3.05) is 19.0 Å². The normalized spacial score (nSPS) is 13.6. The molecule has 2 heterocycles. The summed E-state index contributed by atoms with van der Waals surface area (Å²) in [5, 5.41) is 3.40. The van der Waals surface area contributed by atoms with Gasteiger partial charge in [0.25, 0.3) is 5.82 Å². The zero-order valence-corrected chi connectivity index (χ0v) is 10.5. The molecule has 0 saturated carbocycles. The third-order valence-corrected chi connectivity index (χ3v) is 3.33. The lowest BCUT2D eigenvalue weighted by Gasteiger charge is -2.13. The van der Waals surface area contributed by atoms with Crippen LogP contribution in [0.5, 0.6) is 5.75 Å². The lowest BCUT2D eigenvalue weighted by atomic mass is 10.1. The number of hydrogen-bond acceptors (Lipinski definition) is 2. The molecule has 3 heteroatoms. The van der Waals surface area contributed by atoms with Crippen LogP contribution >= 0.6 is 0 Å². The standard InChI is InChI=1S/C15H16N2O/c1-18-14-6-3-12(4-7-14)13-5-8-15-16-9-2-10-17(15)11-13/h3-8,11H,2,9-10H2,1H3/p+1. The van der Waals surface area contributed by atoms with Crippen LogP contribution in [0.1, 0.15) is 6.42 Å². The van der Waals surface area contributed by atoms with E-state index in [1.54, 1.807) is 7.11 Å². The van der Waals surface area contributed by atoms with Gasteiger partial charge in [-0.05, 0) is 23.8 Å². The number of fused-ring (bicyclic) bond motifs is 1. The summed E-state index contributed by atoms with van der Waals surface area (Å²) in [5.41, 5.74) is 2.46. The van der Waals surface area contributed by atoms with E-state index in [0.717, 1.165) is 18.8 Å². The monoisotopic (exact) mass is 241 g/mol. The van der Waals surface area contributed by atoms with E-state index in [0.29, 0.717) is 0 Å². The molecule has 0 atom stereocenters. The van der Waals surface area contributed by atoms with E-state index in [4.69, 9.17) is 4.74 Å². The largest absolute Gasteiger partial charge is 0.497 e. The summed E-state index contributed by atoms with van der Waals surface area (Å²) in [6, 6.07) is 12.5. The first kappa shape index (κ1) is 11.1. The van der Waals surface area contributed by atoms with E-state index in [1.807, 2.05) is 12.1 Å². The molecule has 18 heavy (non-hydrogen) atoms. The van der Waals surface area contributed by atoms with Crippen molar-refractivity contribution in [1.29, 1.82) is 0 Å². The van der Waals surface area contributed by atoms with Crippen molar-refractivity contribution in [3.8, 4) is 16.9 Å². The number of ether oxygens (including phenoxy) is 1. The van der Waals surface area contributed by atoms with Gasteiger partial charge >= 0.3 is 0 Å². The molecular formula is C15H17N2O+. The number of anilines is 1.